The van der Waals surface area contributed by atoms with Gasteiger partial charge in [0.05, 0.1) is 11.0 Å². The molecule has 1 atom stereocenters. The lowest BCUT2D eigenvalue weighted by molar-refractivity contribution is -0.384. The minimum Gasteiger partial charge on any atom is -0.319 e. The number of hydrogen-bond donors (Lipinski definition) is 2. The Morgan fingerprint density at radius 3 is 2.53 bits per heavy atom. The van der Waals surface area contributed by atoms with Gasteiger partial charge in [0.25, 0.3) is 5.69 Å². The van der Waals surface area contributed by atoms with E-state index in [1.54, 1.807) is 20.8 Å². The van der Waals surface area contributed by atoms with Crippen molar-refractivity contribution in [1.29, 1.82) is 0 Å². The van der Waals surface area contributed by atoms with Crippen molar-refractivity contribution in [3.8, 4) is 0 Å². The van der Waals surface area contributed by atoms with Crippen LogP contribution in [0.25, 0.3) is 0 Å². The lowest BCUT2D eigenvalue weighted by Gasteiger charge is -2.25. The highest BCUT2D eigenvalue weighted by Crippen LogP contribution is 2.28. The number of carbonyl (C=O) groups is 1. The molecule has 0 saturated carbocycles. The fourth-order valence-electron chi connectivity index (χ4n) is 1.38. The van der Waals surface area contributed by atoms with Crippen LogP contribution in [-0.4, -0.2) is 16.9 Å². The second kappa shape index (κ2) is 5.31. The molecule has 104 valence electrons. The molecule has 0 fully saturated rings. The van der Waals surface area contributed by atoms with Crippen LogP contribution in [-0.2, 0) is 4.79 Å². The first-order valence-electron chi connectivity index (χ1n) is 5.64. The summed E-state index contributed by atoms with van der Waals surface area (Å²) < 4.78 is 13.6. The molecular weight excluding hydrogens is 253 g/mol. The van der Waals surface area contributed by atoms with E-state index in [0.29, 0.717) is 0 Å². The number of nitro groups is 1. The van der Waals surface area contributed by atoms with Gasteiger partial charge in [-0.05, 0) is 11.5 Å². The zero-order valence-electron chi connectivity index (χ0n) is 10.9. The number of nitrogens with one attached hydrogen (secondary N) is 1. The minimum absolute atomic E-state index is 0.461. The number of amides is 1. The Morgan fingerprint density at radius 1 is 1.47 bits per heavy atom. The summed E-state index contributed by atoms with van der Waals surface area (Å²) in [5.74, 6) is -1.54. The van der Waals surface area contributed by atoms with Gasteiger partial charge >= 0.3 is 0 Å². The predicted octanol–water partition coefficient (Wildman–Crippen LogP) is 2.05. The van der Waals surface area contributed by atoms with Gasteiger partial charge in [0, 0.05) is 6.07 Å². The van der Waals surface area contributed by atoms with Gasteiger partial charge in [0.15, 0.2) is 11.5 Å². The highest BCUT2D eigenvalue weighted by molar-refractivity contribution is 5.97. The van der Waals surface area contributed by atoms with Crippen molar-refractivity contribution in [2.45, 2.75) is 26.8 Å². The summed E-state index contributed by atoms with van der Waals surface area (Å²) in [6.07, 6.45) is 0. The molecule has 1 amide bonds. The molecule has 0 spiro atoms. The van der Waals surface area contributed by atoms with E-state index >= 15 is 0 Å². The van der Waals surface area contributed by atoms with E-state index in [2.05, 4.69) is 5.32 Å². The van der Waals surface area contributed by atoms with Crippen LogP contribution < -0.4 is 11.1 Å². The van der Waals surface area contributed by atoms with Gasteiger partial charge in [-0.2, -0.15) is 0 Å². The molecule has 1 rings (SSSR count). The molecule has 0 heterocycles. The number of hydrogen-bond acceptors (Lipinski definition) is 4. The summed E-state index contributed by atoms with van der Waals surface area (Å²) in [6, 6.07) is 2.44. The summed E-state index contributed by atoms with van der Waals surface area (Å²) >= 11 is 0. The third-order valence-electron chi connectivity index (χ3n) is 2.65. The van der Waals surface area contributed by atoms with E-state index in [-0.39, 0.29) is 0 Å². The average molecular weight is 269 g/mol. The first kappa shape index (κ1) is 15.0. The van der Waals surface area contributed by atoms with Crippen molar-refractivity contribution >= 4 is 17.3 Å². The SMILES string of the molecule is CC(C)(C)C(N)C(=O)Nc1c(F)cccc1[N+](=O)[O-]. The first-order valence-corrected chi connectivity index (χ1v) is 5.64. The largest absolute Gasteiger partial charge is 0.319 e. The first-order chi connectivity index (χ1) is 8.64. The number of rotatable bonds is 3. The molecule has 3 N–H and O–H groups in total. The van der Waals surface area contributed by atoms with Crippen molar-refractivity contribution in [1.82, 2.24) is 0 Å². The summed E-state index contributed by atoms with van der Waals surface area (Å²) in [5.41, 5.74) is 4.21. The van der Waals surface area contributed by atoms with Crippen LogP contribution in [0.2, 0.25) is 0 Å². The van der Waals surface area contributed by atoms with Crippen LogP contribution in [0.1, 0.15) is 20.8 Å². The van der Waals surface area contributed by atoms with E-state index in [1.807, 2.05) is 0 Å². The Bertz CT molecular complexity index is 511. The average Bonchev–Trinajstić information content (AvgIpc) is 2.29. The zero-order chi connectivity index (χ0) is 14.8. The lowest BCUT2D eigenvalue weighted by atomic mass is 9.87. The molecule has 0 aliphatic heterocycles. The van der Waals surface area contributed by atoms with E-state index in [4.69, 9.17) is 5.73 Å². The smallest absolute Gasteiger partial charge is 0.295 e. The Kier molecular flexibility index (Phi) is 4.21. The second-order valence-electron chi connectivity index (χ2n) is 5.22. The van der Waals surface area contributed by atoms with Crippen LogP contribution in [0.4, 0.5) is 15.8 Å². The predicted molar refractivity (Wildman–Crippen MR) is 69.1 cm³/mol. The molecule has 0 aliphatic carbocycles. The third-order valence-corrected chi connectivity index (χ3v) is 2.65. The fraction of sp³-hybridized carbons (Fsp3) is 0.417. The molecule has 1 aromatic carbocycles. The van der Waals surface area contributed by atoms with Crippen LogP contribution >= 0.6 is 0 Å². The maximum Gasteiger partial charge on any atom is 0.295 e. The standard InChI is InChI=1S/C12H16FN3O3/c1-12(2,3)10(14)11(17)15-9-7(13)5-4-6-8(9)16(18)19/h4-6,10H,14H2,1-3H3,(H,15,17). The molecule has 1 unspecified atom stereocenters. The molecular formula is C12H16FN3O3. The number of nitrogens with zero attached hydrogens (tertiary/aromatic N) is 1. The molecule has 0 aliphatic rings. The van der Waals surface area contributed by atoms with Crippen molar-refractivity contribution in [2.75, 3.05) is 5.32 Å². The monoisotopic (exact) mass is 269 g/mol. The van der Waals surface area contributed by atoms with Gasteiger partial charge in [-0.15, -0.1) is 0 Å². The number of nitrogens with two attached hydrogens (primary N) is 1. The molecule has 0 radical (unpaired) electrons. The van der Waals surface area contributed by atoms with E-state index in [1.165, 1.54) is 6.07 Å². The van der Waals surface area contributed by atoms with E-state index < -0.39 is 39.5 Å². The molecule has 0 aromatic heterocycles. The summed E-state index contributed by atoms with van der Waals surface area (Å²) in [5, 5.41) is 13.0. The Hall–Kier alpha value is -2.02. The number of nitro benzene ring substituents is 1. The molecule has 7 heteroatoms. The number of benzene rings is 1. The minimum atomic E-state index is -0.910. The topological polar surface area (TPSA) is 98.3 Å². The second-order valence-corrected chi connectivity index (χ2v) is 5.22. The molecule has 19 heavy (non-hydrogen) atoms. The maximum atomic E-state index is 13.6. The molecule has 0 bridgehead atoms. The zero-order valence-corrected chi connectivity index (χ0v) is 10.9. The van der Waals surface area contributed by atoms with Crippen molar-refractivity contribution < 1.29 is 14.1 Å². The molecule has 6 nitrogen and oxygen atoms in total. The lowest BCUT2D eigenvalue weighted by Crippen LogP contribution is -2.45. The van der Waals surface area contributed by atoms with Crippen LogP contribution in [0.15, 0.2) is 18.2 Å². The third kappa shape index (κ3) is 3.47. The van der Waals surface area contributed by atoms with Crippen LogP contribution in [0.3, 0.4) is 0 Å². The van der Waals surface area contributed by atoms with Crippen LogP contribution in [0, 0.1) is 21.3 Å². The van der Waals surface area contributed by atoms with Gasteiger partial charge in [0.2, 0.25) is 5.91 Å². The highest BCUT2D eigenvalue weighted by atomic mass is 19.1. The molecule has 0 saturated heterocycles. The normalized spacial score (nSPS) is 12.9. The van der Waals surface area contributed by atoms with Crippen molar-refractivity contribution in [2.24, 2.45) is 11.1 Å². The van der Waals surface area contributed by atoms with Gasteiger partial charge in [-0.25, -0.2) is 4.39 Å². The number of carbonyl (C=O) groups excluding carboxylic acids is 1. The van der Waals surface area contributed by atoms with Crippen LogP contribution in [0.5, 0.6) is 0 Å². The summed E-state index contributed by atoms with van der Waals surface area (Å²) in [7, 11) is 0. The van der Waals surface area contributed by atoms with Gasteiger partial charge < -0.3 is 11.1 Å². The quantitative estimate of drug-likeness (QED) is 0.648. The summed E-state index contributed by atoms with van der Waals surface area (Å²) in [4.78, 5) is 21.9. The number of anilines is 1. The fourth-order valence-corrected chi connectivity index (χ4v) is 1.38. The van der Waals surface area contributed by atoms with Gasteiger partial charge in [0.1, 0.15) is 0 Å². The summed E-state index contributed by atoms with van der Waals surface area (Å²) in [6.45, 7) is 5.23. The Morgan fingerprint density at radius 2 is 2.05 bits per heavy atom. The number of halogens is 1. The number of para-hydroxylation sites is 1. The van der Waals surface area contributed by atoms with E-state index in [9.17, 15) is 19.3 Å². The highest BCUT2D eigenvalue weighted by Gasteiger charge is 2.29. The van der Waals surface area contributed by atoms with E-state index in [0.717, 1.165) is 12.1 Å². The Labute approximate surface area is 109 Å². The maximum absolute atomic E-state index is 13.6. The molecule has 1 aromatic rings. The van der Waals surface area contributed by atoms with Gasteiger partial charge in [-0.3, -0.25) is 14.9 Å². The van der Waals surface area contributed by atoms with Gasteiger partial charge in [-0.1, -0.05) is 26.8 Å². The Balaban J connectivity index is 3.07. The van der Waals surface area contributed by atoms with Crippen molar-refractivity contribution in [3.63, 3.8) is 0 Å². The van der Waals surface area contributed by atoms with Crippen molar-refractivity contribution in [3.05, 3.63) is 34.1 Å².